The summed E-state index contributed by atoms with van der Waals surface area (Å²) in [7, 11) is 1.89. The third-order valence-electron chi connectivity index (χ3n) is 8.20. The first-order valence-electron chi connectivity index (χ1n) is 17.1. The average Bonchev–Trinajstić information content (AvgIpc) is 3.75. The maximum Gasteiger partial charge on any atom is 0.251 e. The lowest BCUT2D eigenvalue weighted by Crippen LogP contribution is -2.22. The Labute approximate surface area is 291 Å². The van der Waals surface area contributed by atoms with Gasteiger partial charge in [-0.3, -0.25) is 14.3 Å². The summed E-state index contributed by atoms with van der Waals surface area (Å²) in [4.78, 5) is 32.0. The summed E-state index contributed by atoms with van der Waals surface area (Å²) in [6.45, 7) is 2.32. The molecule has 0 spiro atoms. The molecule has 50 heavy (non-hydrogen) atoms. The van der Waals surface area contributed by atoms with E-state index in [2.05, 4.69) is 41.1 Å². The molecule has 0 bridgehead atoms. The van der Waals surface area contributed by atoms with Crippen LogP contribution in [0.15, 0.2) is 73.3 Å². The fourth-order valence-corrected chi connectivity index (χ4v) is 5.41. The van der Waals surface area contributed by atoms with Gasteiger partial charge >= 0.3 is 0 Å². The van der Waals surface area contributed by atoms with Crippen molar-refractivity contribution in [3.05, 3.63) is 96.0 Å². The van der Waals surface area contributed by atoms with Crippen LogP contribution in [0.2, 0.25) is 0 Å². The highest BCUT2D eigenvalue weighted by Gasteiger charge is 2.12. The third kappa shape index (κ3) is 11.2. The number of hydrogen-bond acceptors (Lipinski definition) is 10. The number of hydrogen-bond donors (Lipinski definition) is 3. The summed E-state index contributed by atoms with van der Waals surface area (Å²) < 4.78 is 9.78. The highest BCUT2D eigenvalue weighted by molar-refractivity contribution is 5.95. The van der Waals surface area contributed by atoms with Crippen molar-refractivity contribution in [3.63, 3.8) is 0 Å². The second-order valence-corrected chi connectivity index (χ2v) is 12.1. The monoisotopic (exact) mass is 679 g/mol. The lowest BCUT2D eigenvalue weighted by Gasteiger charge is -2.11. The van der Waals surface area contributed by atoms with Crippen LogP contribution in [0, 0.1) is 0 Å². The number of aryl methyl sites for hydroxylation is 2. The van der Waals surface area contributed by atoms with Crippen LogP contribution < -0.4 is 21.1 Å². The van der Waals surface area contributed by atoms with Gasteiger partial charge in [-0.25, -0.2) is 9.97 Å². The second-order valence-electron chi connectivity index (χ2n) is 12.1. The predicted octanol–water partition coefficient (Wildman–Crippen LogP) is 4.63. The predicted molar refractivity (Wildman–Crippen MR) is 189 cm³/mol. The molecule has 4 N–H and O–H groups in total. The molecule has 14 heteroatoms. The molecule has 14 nitrogen and oxygen atoms in total. The summed E-state index contributed by atoms with van der Waals surface area (Å²) in [5, 5.41) is 23.3. The number of benzene rings is 2. The first kappa shape index (κ1) is 35.6. The normalized spacial score (nSPS) is 11.0. The molecule has 0 saturated heterocycles. The number of nitrogens with two attached hydrogens (primary N) is 1. The minimum atomic E-state index is -0.257. The maximum absolute atomic E-state index is 13.0. The minimum Gasteiger partial charge on any atom is -0.494 e. The van der Waals surface area contributed by atoms with Gasteiger partial charge in [-0.05, 0) is 74.1 Å². The number of amides is 2. The van der Waals surface area contributed by atoms with E-state index in [4.69, 9.17) is 10.5 Å². The molecule has 5 rings (SSSR count). The molecule has 0 unspecified atom stereocenters. The fourth-order valence-electron chi connectivity index (χ4n) is 5.41. The Kier molecular flexibility index (Phi) is 13.4. The van der Waals surface area contributed by atoms with Crippen molar-refractivity contribution in [2.75, 3.05) is 11.9 Å². The van der Waals surface area contributed by atoms with E-state index < -0.39 is 0 Å². The molecule has 0 aliphatic carbocycles. The number of nitrogens with zero attached hydrogens (tertiary/aromatic N) is 8. The summed E-state index contributed by atoms with van der Waals surface area (Å²) in [5.74, 6) is 1.77. The van der Waals surface area contributed by atoms with Crippen molar-refractivity contribution in [2.45, 2.75) is 77.4 Å². The van der Waals surface area contributed by atoms with Gasteiger partial charge in [0.25, 0.3) is 5.91 Å². The number of carbonyl (C=O) groups excluding carboxylic acids is 2. The molecule has 2 amide bonds. The van der Waals surface area contributed by atoms with Gasteiger partial charge in [-0.1, -0.05) is 42.7 Å². The third-order valence-corrected chi connectivity index (χ3v) is 8.20. The second kappa shape index (κ2) is 18.8. The zero-order chi connectivity index (χ0) is 35.0. The summed E-state index contributed by atoms with van der Waals surface area (Å²) in [5.41, 5.74) is 9.17. The van der Waals surface area contributed by atoms with Crippen molar-refractivity contribution in [2.24, 2.45) is 12.8 Å². The van der Waals surface area contributed by atoms with E-state index in [9.17, 15) is 9.59 Å². The van der Waals surface area contributed by atoms with Crippen LogP contribution in [0.25, 0.3) is 11.5 Å². The van der Waals surface area contributed by atoms with E-state index in [0.29, 0.717) is 43.2 Å². The zero-order valence-corrected chi connectivity index (χ0v) is 28.5. The number of rotatable bonds is 21. The van der Waals surface area contributed by atoms with Gasteiger partial charge < -0.3 is 25.7 Å². The number of unbranched alkanes of at least 4 members (excludes halogenated alkanes) is 5. The SMILES string of the molecule is Cn1c(CNc2cccc(C(=O)NCc3cccc(OCCCCCCCn4cc(CCCCC(N)=O)nn4)c3)c2)nnc1-c1ccncn1. The van der Waals surface area contributed by atoms with Crippen LogP contribution in [0.4, 0.5) is 5.69 Å². The van der Waals surface area contributed by atoms with E-state index >= 15 is 0 Å². The number of primary amides is 1. The van der Waals surface area contributed by atoms with Crippen molar-refractivity contribution in [1.29, 1.82) is 0 Å². The van der Waals surface area contributed by atoms with Crippen LogP contribution in [-0.4, -0.2) is 58.1 Å². The molecular formula is C36H45N11O3. The Morgan fingerprint density at radius 3 is 2.62 bits per heavy atom. The van der Waals surface area contributed by atoms with Gasteiger partial charge in [0.1, 0.15) is 17.8 Å². The first-order valence-corrected chi connectivity index (χ1v) is 17.1. The van der Waals surface area contributed by atoms with Crippen LogP contribution in [0.3, 0.4) is 0 Å². The lowest BCUT2D eigenvalue weighted by molar-refractivity contribution is -0.118. The van der Waals surface area contributed by atoms with Crippen molar-refractivity contribution in [3.8, 4) is 17.3 Å². The number of ether oxygens (including phenoxy) is 1. The first-order chi connectivity index (χ1) is 24.4. The summed E-state index contributed by atoms with van der Waals surface area (Å²) in [6.07, 6.45) is 13.4. The molecule has 0 radical (unpaired) electrons. The van der Waals surface area contributed by atoms with Gasteiger partial charge in [0, 0.05) is 50.2 Å². The number of aromatic nitrogens is 8. The lowest BCUT2D eigenvalue weighted by atomic mass is 10.1. The van der Waals surface area contributed by atoms with Gasteiger partial charge in [0.05, 0.1) is 18.8 Å². The Balaban J connectivity index is 0.960. The van der Waals surface area contributed by atoms with Crippen LogP contribution in [0.1, 0.15) is 78.8 Å². The Hall–Kier alpha value is -5.66. The molecule has 0 aliphatic heterocycles. The average molecular weight is 680 g/mol. The number of carbonyl (C=O) groups is 2. The van der Waals surface area contributed by atoms with Gasteiger partial charge in [-0.2, -0.15) is 0 Å². The summed E-state index contributed by atoms with van der Waals surface area (Å²) >= 11 is 0. The molecule has 0 atom stereocenters. The highest BCUT2D eigenvalue weighted by Crippen LogP contribution is 2.17. The zero-order valence-electron chi connectivity index (χ0n) is 28.5. The molecule has 5 aromatic rings. The molecule has 0 aliphatic rings. The Morgan fingerprint density at radius 1 is 0.900 bits per heavy atom. The summed E-state index contributed by atoms with van der Waals surface area (Å²) in [6, 6.07) is 17.0. The van der Waals surface area contributed by atoms with Crippen molar-refractivity contribution < 1.29 is 14.3 Å². The molecule has 0 fully saturated rings. The maximum atomic E-state index is 13.0. The van der Waals surface area contributed by atoms with E-state index in [1.807, 2.05) is 65.0 Å². The van der Waals surface area contributed by atoms with E-state index in [-0.39, 0.29) is 11.8 Å². The van der Waals surface area contributed by atoms with Crippen LogP contribution in [0.5, 0.6) is 5.75 Å². The van der Waals surface area contributed by atoms with Crippen molar-refractivity contribution in [1.82, 2.24) is 45.0 Å². The highest BCUT2D eigenvalue weighted by atomic mass is 16.5. The van der Waals surface area contributed by atoms with E-state index in [1.54, 1.807) is 18.3 Å². The molecule has 0 saturated carbocycles. The number of nitrogens with one attached hydrogen (secondary N) is 2. The van der Waals surface area contributed by atoms with E-state index in [0.717, 1.165) is 86.4 Å². The number of anilines is 1. The van der Waals surface area contributed by atoms with Crippen LogP contribution in [-0.2, 0) is 37.9 Å². The molecule has 3 heterocycles. The topological polar surface area (TPSA) is 181 Å². The largest absolute Gasteiger partial charge is 0.494 e. The smallest absolute Gasteiger partial charge is 0.251 e. The van der Waals surface area contributed by atoms with Gasteiger partial charge in [0.15, 0.2) is 11.6 Å². The fraction of sp³-hybridized carbons (Fsp3) is 0.389. The molecule has 262 valence electrons. The van der Waals surface area contributed by atoms with E-state index in [1.165, 1.54) is 6.33 Å². The standard InChI is InChI=1S/C36H45N11O3/c1-46-34(43-44-35(46)32-17-18-38-26-41-32)24-39-29-14-10-12-28(22-29)36(49)40-23-27-11-9-15-31(21-27)50-20-8-4-2-3-7-19-47-25-30(42-45-47)13-5-6-16-33(37)48/h9-12,14-15,17-18,21-22,25-26,39H,2-8,13,16,19-20,23-24H2,1H3,(H2,37,48)(H,40,49). The van der Waals surface area contributed by atoms with Crippen molar-refractivity contribution >= 4 is 17.5 Å². The Bertz CT molecular complexity index is 1810. The quantitative estimate of drug-likeness (QED) is 0.0925. The Morgan fingerprint density at radius 2 is 1.76 bits per heavy atom. The molecule has 3 aromatic heterocycles. The molecular weight excluding hydrogens is 634 g/mol. The van der Waals surface area contributed by atoms with Crippen LogP contribution >= 0.6 is 0 Å². The molecule has 2 aromatic carbocycles. The van der Waals surface area contributed by atoms with Gasteiger partial charge in [0.2, 0.25) is 5.91 Å². The minimum absolute atomic E-state index is 0.161. The van der Waals surface area contributed by atoms with Gasteiger partial charge in [-0.15, -0.1) is 15.3 Å².